The molecule has 0 radical (unpaired) electrons. The van der Waals surface area contributed by atoms with E-state index in [1.165, 1.54) is 11.3 Å². The summed E-state index contributed by atoms with van der Waals surface area (Å²) in [4.78, 5) is 4.57. The maximum Gasteiger partial charge on any atom is 0.203 e. The zero-order valence-corrected chi connectivity index (χ0v) is 16.3. The second-order valence-electron chi connectivity index (χ2n) is 5.91. The highest BCUT2D eigenvalue weighted by Gasteiger charge is 2.05. The number of hydrogen-bond acceptors (Lipinski definition) is 6. The zero-order valence-electron chi connectivity index (χ0n) is 15.5. The van der Waals surface area contributed by atoms with Crippen molar-refractivity contribution in [3.63, 3.8) is 0 Å². The van der Waals surface area contributed by atoms with E-state index in [-0.39, 0.29) is 0 Å². The van der Waals surface area contributed by atoms with Crippen molar-refractivity contribution in [1.82, 2.24) is 4.98 Å². The van der Waals surface area contributed by atoms with Crippen molar-refractivity contribution in [2.75, 3.05) is 19.1 Å². The van der Waals surface area contributed by atoms with E-state index in [0.29, 0.717) is 0 Å². The van der Waals surface area contributed by atoms with Crippen LogP contribution < -0.4 is 14.9 Å². The molecule has 0 aliphatic heterocycles. The van der Waals surface area contributed by atoms with Gasteiger partial charge >= 0.3 is 0 Å². The van der Waals surface area contributed by atoms with Gasteiger partial charge in [0.25, 0.3) is 0 Å². The molecule has 0 unspecified atom stereocenters. The fourth-order valence-corrected chi connectivity index (χ4v) is 3.09. The molecule has 5 nitrogen and oxygen atoms in total. The molecule has 6 heteroatoms. The first kappa shape index (κ1) is 18.9. The van der Waals surface area contributed by atoms with Gasteiger partial charge in [0, 0.05) is 10.9 Å². The minimum Gasteiger partial charge on any atom is -0.497 e. The molecule has 0 aliphatic carbocycles. The molecule has 140 valence electrons. The minimum atomic E-state index is 0.736. The van der Waals surface area contributed by atoms with Crippen LogP contribution in [0.2, 0.25) is 0 Å². The molecule has 0 saturated heterocycles. The van der Waals surface area contributed by atoms with E-state index >= 15 is 0 Å². The van der Waals surface area contributed by atoms with Crippen LogP contribution in [-0.2, 0) is 0 Å². The summed E-state index contributed by atoms with van der Waals surface area (Å²) >= 11 is 1.51. The first-order valence-corrected chi connectivity index (χ1v) is 9.78. The number of aromatic nitrogens is 1. The van der Waals surface area contributed by atoms with Crippen LogP contribution in [0.5, 0.6) is 11.5 Å². The van der Waals surface area contributed by atoms with E-state index in [2.05, 4.69) is 22.4 Å². The lowest BCUT2D eigenvalue weighted by Gasteiger charge is -2.05. The van der Waals surface area contributed by atoms with E-state index in [9.17, 15) is 0 Å². The summed E-state index contributed by atoms with van der Waals surface area (Å²) in [5.41, 5.74) is 5.87. The van der Waals surface area contributed by atoms with Crippen LogP contribution >= 0.6 is 11.3 Å². The quantitative estimate of drug-likeness (QED) is 0.304. The summed E-state index contributed by atoms with van der Waals surface area (Å²) in [5.74, 6) is 1.68. The van der Waals surface area contributed by atoms with Crippen LogP contribution in [0.25, 0.3) is 11.3 Å². The monoisotopic (exact) mass is 381 g/mol. The normalized spacial score (nSPS) is 10.9. The van der Waals surface area contributed by atoms with Crippen molar-refractivity contribution < 1.29 is 9.47 Å². The lowest BCUT2D eigenvalue weighted by Crippen LogP contribution is -1.97. The third kappa shape index (κ3) is 5.56. The Labute approximate surface area is 163 Å². The number of nitrogens with zero attached hydrogens (tertiary/aromatic N) is 2. The predicted molar refractivity (Wildman–Crippen MR) is 112 cm³/mol. The van der Waals surface area contributed by atoms with E-state index in [1.54, 1.807) is 13.3 Å². The molecule has 2 aromatic carbocycles. The molecule has 1 N–H and O–H groups in total. The molecular formula is C21H23N3O2S. The third-order valence-electron chi connectivity index (χ3n) is 3.87. The number of nitrogens with one attached hydrogen (secondary N) is 1. The van der Waals surface area contributed by atoms with Gasteiger partial charge in [-0.3, -0.25) is 5.43 Å². The molecule has 0 atom stereocenters. The molecule has 3 rings (SSSR count). The molecule has 0 fully saturated rings. The van der Waals surface area contributed by atoms with Gasteiger partial charge in [-0.05, 0) is 36.2 Å². The molecule has 1 aromatic heterocycles. The largest absolute Gasteiger partial charge is 0.497 e. The molecule has 0 aliphatic rings. The van der Waals surface area contributed by atoms with Gasteiger partial charge in [0.1, 0.15) is 11.5 Å². The van der Waals surface area contributed by atoms with Gasteiger partial charge in [0.15, 0.2) is 0 Å². The Hall–Kier alpha value is -2.86. The molecular weight excluding hydrogens is 358 g/mol. The summed E-state index contributed by atoms with van der Waals surface area (Å²) in [6, 6.07) is 15.7. The van der Waals surface area contributed by atoms with Gasteiger partial charge in [0.2, 0.25) is 5.13 Å². The van der Waals surface area contributed by atoms with E-state index < -0.39 is 0 Å². The van der Waals surface area contributed by atoms with Crippen LogP contribution in [0.1, 0.15) is 25.3 Å². The van der Waals surface area contributed by atoms with Crippen molar-refractivity contribution in [1.29, 1.82) is 0 Å². The lowest BCUT2D eigenvalue weighted by atomic mass is 10.2. The number of rotatable bonds is 9. The Balaban J connectivity index is 1.60. The van der Waals surface area contributed by atoms with Gasteiger partial charge < -0.3 is 9.47 Å². The Kier molecular flexibility index (Phi) is 6.82. The summed E-state index contributed by atoms with van der Waals surface area (Å²) < 4.78 is 11.0. The average Bonchev–Trinajstić information content (AvgIpc) is 3.18. The van der Waals surface area contributed by atoms with Crippen LogP contribution in [-0.4, -0.2) is 24.9 Å². The number of anilines is 1. The van der Waals surface area contributed by atoms with Crippen molar-refractivity contribution in [2.24, 2.45) is 5.10 Å². The second kappa shape index (κ2) is 9.73. The van der Waals surface area contributed by atoms with Crippen LogP contribution in [0.4, 0.5) is 5.13 Å². The van der Waals surface area contributed by atoms with Crippen molar-refractivity contribution in [3.8, 4) is 22.8 Å². The summed E-state index contributed by atoms with van der Waals surface area (Å²) in [6.07, 6.45) is 3.94. The Bertz CT molecular complexity index is 892. The number of thiazole rings is 1. The molecule has 1 heterocycles. The maximum atomic E-state index is 5.72. The topological polar surface area (TPSA) is 55.7 Å². The van der Waals surface area contributed by atoms with Crippen molar-refractivity contribution in [3.05, 3.63) is 59.5 Å². The minimum absolute atomic E-state index is 0.736. The van der Waals surface area contributed by atoms with Gasteiger partial charge in [-0.2, -0.15) is 5.10 Å². The molecule has 0 bridgehead atoms. The maximum absolute atomic E-state index is 5.72. The van der Waals surface area contributed by atoms with Crippen molar-refractivity contribution >= 4 is 22.7 Å². The van der Waals surface area contributed by atoms with Gasteiger partial charge in [-0.15, -0.1) is 11.3 Å². The van der Waals surface area contributed by atoms with Crippen LogP contribution in [0.15, 0.2) is 59.0 Å². The summed E-state index contributed by atoms with van der Waals surface area (Å²) in [6.45, 7) is 2.89. The zero-order chi connectivity index (χ0) is 18.9. The fraction of sp³-hybridized carbons (Fsp3) is 0.238. The number of hydrazone groups is 1. The molecule has 3 aromatic rings. The highest BCUT2D eigenvalue weighted by Crippen LogP contribution is 2.27. The molecule has 0 saturated carbocycles. The number of methoxy groups -OCH3 is 1. The molecule has 0 amide bonds. The van der Waals surface area contributed by atoms with Gasteiger partial charge in [-0.1, -0.05) is 37.6 Å². The van der Waals surface area contributed by atoms with Crippen LogP contribution in [0, 0.1) is 0 Å². The Morgan fingerprint density at radius 2 is 2.00 bits per heavy atom. The summed E-state index contributed by atoms with van der Waals surface area (Å²) in [5, 5.41) is 7.01. The standard InChI is InChI=1S/C21H23N3O2S/c1-3-4-11-26-19-10-5-7-16(12-19)14-22-24-21-23-20(15-27-21)17-8-6-9-18(13-17)25-2/h5-10,12-15H,3-4,11H2,1-2H3,(H,23,24)/b22-14-. The second-order valence-corrected chi connectivity index (χ2v) is 6.77. The fourth-order valence-electron chi connectivity index (χ4n) is 2.42. The SMILES string of the molecule is CCCCOc1cccc(/C=N\Nc2nc(-c3cccc(OC)c3)cs2)c1. The van der Waals surface area contributed by atoms with E-state index in [0.717, 1.165) is 52.9 Å². The third-order valence-corrected chi connectivity index (χ3v) is 4.62. The van der Waals surface area contributed by atoms with E-state index in [4.69, 9.17) is 9.47 Å². The van der Waals surface area contributed by atoms with Gasteiger partial charge in [-0.25, -0.2) is 4.98 Å². The molecule has 0 spiro atoms. The average molecular weight is 382 g/mol. The lowest BCUT2D eigenvalue weighted by molar-refractivity contribution is 0.309. The van der Waals surface area contributed by atoms with E-state index in [1.807, 2.05) is 53.9 Å². The highest BCUT2D eigenvalue weighted by molar-refractivity contribution is 7.14. The number of unbranched alkanes of at least 4 members (excludes halogenated alkanes) is 1. The van der Waals surface area contributed by atoms with Crippen molar-refractivity contribution in [2.45, 2.75) is 19.8 Å². The Morgan fingerprint density at radius 1 is 1.15 bits per heavy atom. The summed E-state index contributed by atoms with van der Waals surface area (Å²) in [7, 11) is 1.66. The van der Waals surface area contributed by atoms with Gasteiger partial charge in [0.05, 0.1) is 25.6 Å². The number of hydrogen-bond donors (Lipinski definition) is 1. The van der Waals surface area contributed by atoms with Crippen LogP contribution in [0.3, 0.4) is 0 Å². The first-order valence-electron chi connectivity index (χ1n) is 8.90. The predicted octanol–water partition coefficient (Wildman–Crippen LogP) is 5.44. The highest BCUT2D eigenvalue weighted by atomic mass is 32.1. The number of benzene rings is 2. The number of ether oxygens (including phenoxy) is 2. The smallest absolute Gasteiger partial charge is 0.203 e. The Morgan fingerprint density at radius 3 is 2.85 bits per heavy atom. The molecule has 27 heavy (non-hydrogen) atoms. The first-order chi connectivity index (χ1) is 13.3.